The first kappa shape index (κ1) is 10.8. The van der Waals surface area contributed by atoms with Gasteiger partial charge in [-0.2, -0.15) is 0 Å². The quantitative estimate of drug-likeness (QED) is 0.285. The second kappa shape index (κ2) is 3.27. The van der Waals surface area contributed by atoms with Gasteiger partial charge in [0.05, 0.1) is 12.2 Å². The van der Waals surface area contributed by atoms with E-state index in [0.717, 1.165) is 32.3 Å². The molecule has 0 N–H and O–H groups in total. The van der Waals surface area contributed by atoms with E-state index >= 15 is 0 Å². The number of hydrogen-bond acceptors (Lipinski definition) is 3. The lowest BCUT2D eigenvalue weighted by atomic mass is 9.79. The third-order valence-corrected chi connectivity index (χ3v) is 5.45. The van der Waals surface area contributed by atoms with Crippen molar-refractivity contribution in [3.05, 3.63) is 24.3 Å². The van der Waals surface area contributed by atoms with Crippen LogP contribution in [0.1, 0.15) is 25.7 Å². The Bertz CT molecular complexity index is 460. The summed E-state index contributed by atoms with van der Waals surface area (Å²) in [4.78, 5) is 11.7. The highest BCUT2D eigenvalue weighted by molar-refractivity contribution is 5.90. The molecule has 0 aromatic rings. The molecule has 18 heavy (non-hydrogen) atoms. The summed E-state index contributed by atoms with van der Waals surface area (Å²) in [6, 6.07) is 0. The fourth-order valence-electron chi connectivity index (χ4n) is 4.35. The van der Waals surface area contributed by atoms with Gasteiger partial charge < -0.3 is 9.47 Å². The van der Waals surface area contributed by atoms with Crippen LogP contribution in [0.3, 0.4) is 0 Å². The average molecular weight is 246 g/mol. The minimum atomic E-state index is -0.198. The van der Waals surface area contributed by atoms with Crippen LogP contribution in [0.5, 0.6) is 0 Å². The standard InChI is InChI=1S/C15H18O3/c1-8-3-4-11-12(8)13-10(9(2)14(16)18-13)5-6-15(11)7-17-15/h10-13H,1-7H2/t10-,11+,12-,13-,15+/m0/s1. The van der Waals surface area contributed by atoms with E-state index in [1.54, 1.807) is 0 Å². The molecule has 4 aliphatic rings. The molecule has 4 rings (SSSR count). The van der Waals surface area contributed by atoms with Gasteiger partial charge in [-0.1, -0.05) is 18.7 Å². The third-order valence-electron chi connectivity index (χ3n) is 5.45. The first-order valence-electron chi connectivity index (χ1n) is 6.84. The molecule has 2 aliphatic carbocycles. The summed E-state index contributed by atoms with van der Waals surface area (Å²) in [6.07, 6.45) is 4.17. The Morgan fingerprint density at radius 2 is 2.06 bits per heavy atom. The van der Waals surface area contributed by atoms with Gasteiger partial charge in [-0.05, 0) is 25.7 Å². The SMILES string of the molecule is C=C1CC[C@@H]2[C@H]1[C@H]1OC(=O)C(=C)[C@@H]1CC[C@@]21CO1. The molecular formula is C15H18O3. The maximum atomic E-state index is 11.7. The van der Waals surface area contributed by atoms with Crippen LogP contribution in [-0.2, 0) is 14.3 Å². The highest BCUT2D eigenvalue weighted by Crippen LogP contribution is 2.58. The van der Waals surface area contributed by atoms with Crippen LogP contribution >= 0.6 is 0 Å². The van der Waals surface area contributed by atoms with Gasteiger partial charge in [0.1, 0.15) is 6.10 Å². The van der Waals surface area contributed by atoms with E-state index in [0.29, 0.717) is 17.4 Å². The first-order chi connectivity index (χ1) is 8.62. The van der Waals surface area contributed by atoms with Gasteiger partial charge in [-0.25, -0.2) is 4.79 Å². The minimum absolute atomic E-state index is 0.0198. The van der Waals surface area contributed by atoms with Crippen molar-refractivity contribution >= 4 is 5.97 Å². The molecule has 2 saturated carbocycles. The number of ether oxygens (including phenoxy) is 2. The molecule has 2 heterocycles. The maximum absolute atomic E-state index is 11.7. The minimum Gasteiger partial charge on any atom is -0.458 e. The molecular weight excluding hydrogens is 228 g/mol. The summed E-state index contributed by atoms with van der Waals surface area (Å²) < 4.78 is 11.4. The number of esters is 1. The molecule has 2 saturated heterocycles. The monoisotopic (exact) mass is 246 g/mol. The predicted molar refractivity (Wildman–Crippen MR) is 65.8 cm³/mol. The van der Waals surface area contributed by atoms with E-state index in [2.05, 4.69) is 13.2 Å². The Balaban J connectivity index is 1.76. The molecule has 4 fully saturated rings. The summed E-state index contributed by atoms with van der Waals surface area (Å²) in [5.41, 5.74) is 1.98. The van der Waals surface area contributed by atoms with Crippen LogP contribution in [0.25, 0.3) is 0 Å². The van der Waals surface area contributed by atoms with Gasteiger partial charge in [0, 0.05) is 23.3 Å². The van der Waals surface area contributed by atoms with E-state index in [1.807, 2.05) is 0 Å². The number of carbonyl (C=O) groups excluding carboxylic acids is 1. The van der Waals surface area contributed by atoms with Crippen LogP contribution in [0.15, 0.2) is 24.3 Å². The van der Waals surface area contributed by atoms with E-state index in [4.69, 9.17) is 9.47 Å². The van der Waals surface area contributed by atoms with Crippen molar-refractivity contribution in [3.63, 3.8) is 0 Å². The fraction of sp³-hybridized carbons (Fsp3) is 0.667. The zero-order chi connectivity index (χ0) is 12.5. The van der Waals surface area contributed by atoms with Crippen molar-refractivity contribution in [1.82, 2.24) is 0 Å². The van der Waals surface area contributed by atoms with E-state index < -0.39 is 0 Å². The van der Waals surface area contributed by atoms with Crippen molar-refractivity contribution in [1.29, 1.82) is 0 Å². The summed E-state index contributed by atoms with van der Waals surface area (Å²) in [7, 11) is 0. The second-order valence-corrected chi connectivity index (χ2v) is 6.22. The molecule has 0 radical (unpaired) electrons. The molecule has 0 bridgehead atoms. The molecule has 3 heteroatoms. The Morgan fingerprint density at radius 3 is 2.78 bits per heavy atom. The van der Waals surface area contributed by atoms with Crippen molar-refractivity contribution in [2.24, 2.45) is 17.8 Å². The summed E-state index contributed by atoms with van der Waals surface area (Å²) in [5.74, 6) is 0.779. The summed E-state index contributed by atoms with van der Waals surface area (Å²) in [6.45, 7) is 9.01. The molecule has 0 amide bonds. The van der Waals surface area contributed by atoms with Gasteiger partial charge in [0.2, 0.25) is 0 Å². The van der Waals surface area contributed by atoms with Crippen LogP contribution in [0.2, 0.25) is 0 Å². The van der Waals surface area contributed by atoms with Gasteiger partial charge in [0.15, 0.2) is 0 Å². The van der Waals surface area contributed by atoms with Crippen molar-refractivity contribution in [2.75, 3.05) is 6.61 Å². The molecule has 1 spiro atoms. The fourth-order valence-corrected chi connectivity index (χ4v) is 4.35. The zero-order valence-corrected chi connectivity index (χ0v) is 10.5. The number of fused-ring (bicyclic) bond motifs is 4. The largest absolute Gasteiger partial charge is 0.458 e. The molecule has 3 nitrogen and oxygen atoms in total. The lowest BCUT2D eigenvalue weighted by Crippen LogP contribution is -2.33. The average Bonchev–Trinajstić information content (AvgIpc) is 2.99. The smallest absolute Gasteiger partial charge is 0.334 e. The van der Waals surface area contributed by atoms with Crippen LogP contribution < -0.4 is 0 Å². The van der Waals surface area contributed by atoms with Crippen LogP contribution in [0, 0.1) is 17.8 Å². The molecule has 0 aromatic carbocycles. The highest BCUT2D eigenvalue weighted by Gasteiger charge is 2.62. The maximum Gasteiger partial charge on any atom is 0.334 e. The van der Waals surface area contributed by atoms with Gasteiger partial charge >= 0.3 is 5.97 Å². The summed E-state index contributed by atoms with van der Waals surface area (Å²) in [5, 5.41) is 0. The van der Waals surface area contributed by atoms with E-state index in [-0.39, 0.29) is 23.6 Å². The van der Waals surface area contributed by atoms with Crippen molar-refractivity contribution in [2.45, 2.75) is 37.4 Å². The summed E-state index contributed by atoms with van der Waals surface area (Å²) >= 11 is 0. The molecule has 2 aliphatic heterocycles. The Kier molecular flexibility index (Phi) is 1.96. The van der Waals surface area contributed by atoms with Crippen molar-refractivity contribution < 1.29 is 14.3 Å². The number of epoxide rings is 1. The predicted octanol–water partition coefficient (Wildman–Crippen LogP) is 2.23. The topological polar surface area (TPSA) is 38.8 Å². The molecule has 0 aromatic heterocycles. The van der Waals surface area contributed by atoms with Gasteiger partial charge in [0.25, 0.3) is 0 Å². The van der Waals surface area contributed by atoms with Gasteiger partial charge in [-0.3, -0.25) is 0 Å². The molecule has 0 unspecified atom stereocenters. The van der Waals surface area contributed by atoms with Crippen molar-refractivity contribution in [3.8, 4) is 0 Å². The van der Waals surface area contributed by atoms with E-state index in [1.165, 1.54) is 5.57 Å². The first-order valence-corrected chi connectivity index (χ1v) is 6.84. The van der Waals surface area contributed by atoms with E-state index in [9.17, 15) is 4.79 Å². The Labute approximate surface area is 107 Å². The number of rotatable bonds is 0. The highest BCUT2D eigenvalue weighted by atomic mass is 16.6. The number of hydrogen-bond donors (Lipinski definition) is 0. The lowest BCUT2D eigenvalue weighted by Gasteiger charge is -2.27. The second-order valence-electron chi connectivity index (χ2n) is 6.22. The molecule has 5 atom stereocenters. The third kappa shape index (κ3) is 1.21. The Hall–Kier alpha value is -1.09. The number of carbonyl (C=O) groups is 1. The normalized spacial score (nSPS) is 49.9. The van der Waals surface area contributed by atoms with Crippen LogP contribution in [0.4, 0.5) is 0 Å². The van der Waals surface area contributed by atoms with Gasteiger partial charge in [-0.15, -0.1) is 0 Å². The Morgan fingerprint density at radius 1 is 1.28 bits per heavy atom. The molecule has 96 valence electrons. The lowest BCUT2D eigenvalue weighted by molar-refractivity contribution is -0.141. The van der Waals surface area contributed by atoms with Crippen LogP contribution in [-0.4, -0.2) is 24.3 Å². The zero-order valence-electron chi connectivity index (χ0n) is 10.5.